The molecule has 4 rings (SSSR count). The zero-order valence-electron chi connectivity index (χ0n) is 45.1. The largest absolute Gasteiger partial charge is 0.345 e. The Hall–Kier alpha value is -2.20. The Bertz CT molecular complexity index is 1030. The third-order valence-electron chi connectivity index (χ3n) is 8.30. The van der Waals surface area contributed by atoms with Crippen LogP contribution in [0.4, 0.5) is 0 Å². The molecule has 4 heterocycles. The van der Waals surface area contributed by atoms with Gasteiger partial charge in [0.25, 0.3) is 0 Å². The molecule has 0 unspecified atom stereocenters. The first-order chi connectivity index (χ1) is 28.0. The number of amidine groups is 2. The molecular weight excluding hydrogens is 777 g/mol. The zero-order chi connectivity index (χ0) is 48.5. The van der Waals surface area contributed by atoms with Crippen LogP contribution in [0.25, 0.3) is 0 Å². The molecule has 8 nitrogen and oxygen atoms in total. The average Bonchev–Trinajstić information content (AvgIpc) is 3.99. The van der Waals surface area contributed by atoms with Crippen LogP contribution < -0.4 is 0 Å². The van der Waals surface area contributed by atoms with Gasteiger partial charge in [0.2, 0.25) is 0 Å². The molecule has 0 saturated carbocycles. The van der Waals surface area contributed by atoms with Crippen molar-refractivity contribution in [2.75, 3.05) is 26.2 Å². The fourth-order valence-electron chi connectivity index (χ4n) is 5.76. The number of thiocarbonyl (C=S) groups is 2. The van der Waals surface area contributed by atoms with Crippen molar-refractivity contribution in [3.05, 3.63) is 24.6 Å². The summed E-state index contributed by atoms with van der Waals surface area (Å²) >= 11 is 10.7. The van der Waals surface area contributed by atoms with Crippen molar-refractivity contribution in [2.45, 2.75) is 248 Å². The van der Waals surface area contributed by atoms with E-state index in [-0.39, 0.29) is 0 Å². The quantitative estimate of drug-likeness (QED) is 0.223. The highest BCUT2D eigenvalue weighted by Gasteiger charge is 2.28. The van der Waals surface area contributed by atoms with Crippen molar-refractivity contribution in [1.29, 1.82) is 0 Å². The molecule has 10 heteroatoms. The number of hydrogen-bond donors (Lipinski definition) is 0. The van der Waals surface area contributed by atoms with Gasteiger partial charge in [-0.1, -0.05) is 88.3 Å². The van der Waals surface area contributed by atoms with Gasteiger partial charge in [0.15, 0.2) is 10.2 Å². The van der Waals surface area contributed by atoms with Crippen molar-refractivity contribution >= 4 is 46.3 Å². The van der Waals surface area contributed by atoms with Gasteiger partial charge in [0.05, 0.1) is 0 Å². The summed E-state index contributed by atoms with van der Waals surface area (Å²) in [6.07, 6.45) is 10.6. The standard InChI is InChI=1S/2C10H18N2.2C9H18N2S.C4H10.4C2H6/c2*1-8(2)11-10-6-5-7-12(10)9(3)4;2*1-7(2)10-5-6-11(8(3)4)9(10)12;1-4(2)3;4*1-2/h2*5,7-9H,6H2,1-4H3;2*7-8H,5-6H2,1-4H3;4H,1-3H3;4*1-2H3. The summed E-state index contributed by atoms with van der Waals surface area (Å²) in [6.45, 7) is 61.6. The molecule has 2 saturated heterocycles. The van der Waals surface area contributed by atoms with Gasteiger partial charge in [-0.25, -0.2) is 0 Å². The van der Waals surface area contributed by atoms with Crippen LogP contribution in [0.15, 0.2) is 34.5 Å². The summed E-state index contributed by atoms with van der Waals surface area (Å²) in [5.41, 5.74) is 0. The molecule has 0 aromatic rings. The van der Waals surface area contributed by atoms with Crippen molar-refractivity contribution in [1.82, 2.24) is 29.4 Å². The fraction of sp³-hybridized carbons (Fsp3) is 0.840. The Morgan fingerprint density at radius 2 is 0.583 bits per heavy atom. The minimum atomic E-state index is 0.404. The van der Waals surface area contributed by atoms with E-state index in [1.54, 1.807) is 0 Å². The minimum absolute atomic E-state index is 0.404. The maximum Gasteiger partial charge on any atom is 0.172 e. The van der Waals surface area contributed by atoms with E-state index in [0.717, 1.165) is 55.2 Å². The normalized spacial score (nSPS) is 16.7. The predicted molar refractivity (Wildman–Crippen MR) is 285 cm³/mol. The summed E-state index contributed by atoms with van der Waals surface area (Å²) in [5.74, 6) is 3.25. The van der Waals surface area contributed by atoms with Gasteiger partial charge in [-0.2, -0.15) is 0 Å². The van der Waals surface area contributed by atoms with Crippen molar-refractivity contribution in [3.8, 4) is 0 Å². The van der Waals surface area contributed by atoms with Gasteiger partial charge in [0.1, 0.15) is 11.7 Å². The van der Waals surface area contributed by atoms with Crippen LogP contribution in [-0.4, -0.2) is 126 Å². The molecule has 0 atom stereocenters. The van der Waals surface area contributed by atoms with Crippen LogP contribution in [0, 0.1) is 5.92 Å². The van der Waals surface area contributed by atoms with Gasteiger partial charge in [-0.15, -0.1) is 0 Å². The van der Waals surface area contributed by atoms with Crippen molar-refractivity contribution in [2.24, 2.45) is 15.9 Å². The van der Waals surface area contributed by atoms with E-state index in [4.69, 9.17) is 24.4 Å². The summed E-state index contributed by atoms with van der Waals surface area (Å²) in [4.78, 5) is 22.7. The second-order valence-corrected chi connectivity index (χ2v) is 17.6. The van der Waals surface area contributed by atoms with E-state index in [9.17, 15) is 0 Å². The summed E-state index contributed by atoms with van der Waals surface area (Å²) in [5, 5.41) is 2.06. The van der Waals surface area contributed by atoms with Gasteiger partial charge in [0, 0.05) is 99.8 Å². The topological polar surface area (TPSA) is 44.2 Å². The van der Waals surface area contributed by atoms with E-state index in [1.165, 1.54) is 11.7 Å². The Labute approximate surface area is 388 Å². The second kappa shape index (κ2) is 39.6. The minimum Gasteiger partial charge on any atom is -0.345 e. The molecule has 4 aliphatic heterocycles. The lowest BCUT2D eigenvalue weighted by atomic mass is 10.3. The first-order valence-corrected chi connectivity index (χ1v) is 25.0. The first kappa shape index (κ1) is 66.9. The molecule has 0 spiro atoms. The van der Waals surface area contributed by atoms with Gasteiger partial charge < -0.3 is 29.4 Å². The highest BCUT2D eigenvalue weighted by atomic mass is 32.1. The number of aliphatic imine (C=N–C) groups is 2. The van der Waals surface area contributed by atoms with E-state index in [2.05, 4.69) is 195 Å². The molecule has 4 aliphatic rings. The molecule has 0 aliphatic carbocycles. The van der Waals surface area contributed by atoms with Crippen molar-refractivity contribution in [3.63, 3.8) is 0 Å². The average molecular weight is 884 g/mol. The fourth-order valence-corrected chi connectivity index (χ4v) is 6.97. The molecule has 0 amide bonds. The molecule has 0 aromatic heterocycles. The summed E-state index contributed by atoms with van der Waals surface area (Å²) in [7, 11) is 0. The Morgan fingerprint density at radius 3 is 0.717 bits per heavy atom. The Morgan fingerprint density at radius 1 is 0.383 bits per heavy atom. The number of rotatable bonds is 8. The Balaban J connectivity index is -0.000000206. The van der Waals surface area contributed by atoms with Crippen LogP contribution in [0.2, 0.25) is 0 Å². The molecular formula is C50H106N8S2. The van der Waals surface area contributed by atoms with Crippen LogP contribution in [0.1, 0.15) is 200 Å². The van der Waals surface area contributed by atoms with Crippen LogP contribution in [-0.2, 0) is 0 Å². The van der Waals surface area contributed by atoms with E-state index in [0.29, 0.717) is 48.3 Å². The summed E-state index contributed by atoms with van der Waals surface area (Å²) < 4.78 is 0. The van der Waals surface area contributed by atoms with Gasteiger partial charge >= 0.3 is 0 Å². The third-order valence-corrected chi connectivity index (χ3v) is 9.23. The van der Waals surface area contributed by atoms with E-state index in [1.807, 2.05) is 55.4 Å². The first-order valence-electron chi connectivity index (χ1n) is 24.2. The molecule has 0 radical (unpaired) electrons. The second-order valence-electron chi connectivity index (χ2n) is 16.9. The lowest BCUT2D eigenvalue weighted by molar-refractivity contribution is 0.388. The molecule has 0 N–H and O–H groups in total. The van der Waals surface area contributed by atoms with Crippen molar-refractivity contribution < 1.29 is 0 Å². The monoisotopic (exact) mass is 883 g/mol. The predicted octanol–water partition coefficient (Wildman–Crippen LogP) is 14.0. The zero-order valence-corrected chi connectivity index (χ0v) is 46.8. The van der Waals surface area contributed by atoms with Crippen LogP contribution in [0.3, 0.4) is 0 Å². The van der Waals surface area contributed by atoms with Gasteiger partial charge in [-0.05, 0) is 141 Å². The molecule has 2 fully saturated rings. The number of hydrogen-bond acceptors (Lipinski definition) is 4. The highest BCUT2D eigenvalue weighted by molar-refractivity contribution is 7.80. The number of nitrogens with zero attached hydrogens (tertiary/aromatic N) is 8. The maximum absolute atomic E-state index is 5.37. The lowest BCUT2D eigenvalue weighted by Crippen LogP contribution is -2.38. The summed E-state index contributed by atoms with van der Waals surface area (Å²) in [6, 6.07) is 4.04. The molecule has 0 bridgehead atoms. The smallest absolute Gasteiger partial charge is 0.172 e. The van der Waals surface area contributed by atoms with Crippen LogP contribution in [0.5, 0.6) is 0 Å². The maximum atomic E-state index is 5.37. The molecule has 0 aromatic carbocycles. The third kappa shape index (κ3) is 29.2. The lowest BCUT2D eigenvalue weighted by Gasteiger charge is -2.27. The van der Waals surface area contributed by atoms with Gasteiger partial charge in [-0.3, -0.25) is 9.98 Å². The Kier molecular flexibility index (Phi) is 44.2. The highest BCUT2D eigenvalue weighted by Crippen LogP contribution is 2.17. The molecule has 358 valence electrons. The SMILES string of the molecule is CC.CC.CC.CC.CC(C)C.CC(C)N1CCN(C(C)C)C1=S.CC(C)N1CCN(C(C)C)C1=S.CC(C)N=C1CC=CN1C(C)C.CC(C)N=C1CC=CN1C(C)C. The molecule has 60 heavy (non-hydrogen) atoms. The van der Waals surface area contributed by atoms with Crippen LogP contribution >= 0.6 is 24.4 Å². The van der Waals surface area contributed by atoms with E-state index < -0.39 is 0 Å². The van der Waals surface area contributed by atoms with E-state index >= 15 is 0 Å².